The van der Waals surface area contributed by atoms with Gasteiger partial charge in [0.05, 0.1) is 35.7 Å². The Morgan fingerprint density at radius 2 is 1.86 bits per heavy atom. The van der Waals surface area contributed by atoms with Crippen LogP contribution in [0.5, 0.6) is 5.75 Å². The first-order chi connectivity index (χ1) is 18.0. The highest BCUT2D eigenvalue weighted by molar-refractivity contribution is 7.87. The second-order valence-electron chi connectivity index (χ2n) is 9.51. The van der Waals surface area contributed by atoms with Gasteiger partial charge in [0, 0.05) is 12.5 Å². The predicted molar refractivity (Wildman–Crippen MR) is 132 cm³/mol. The molecule has 6 atom stereocenters. The van der Waals surface area contributed by atoms with E-state index in [0.717, 1.165) is 11.1 Å². The number of nitrogens with zero attached hydrogens (tertiary/aromatic N) is 1. The van der Waals surface area contributed by atoms with E-state index in [9.17, 15) is 18.6 Å². The molecule has 1 N–H and O–H groups in total. The molecule has 0 unspecified atom stereocenters. The molecule has 1 saturated carbocycles. The summed E-state index contributed by atoms with van der Waals surface area (Å²) >= 11 is 0. The van der Waals surface area contributed by atoms with Crippen LogP contribution in [0.25, 0.3) is 0 Å². The topological polar surface area (TPSA) is 111 Å². The van der Waals surface area contributed by atoms with Crippen molar-refractivity contribution in [2.45, 2.75) is 42.2 Å². The summed E-state index contributed by atoms with van der Waals surface area (Å²) in [5.41, 5.74) is 2.41. The molecule has 2 amide bonds. The number of rotatable bonds is 7. The fourth-order valence-electron chi connectivity index (χ4n) is 5.60. The van der Waals surface area contributed by atoms with Crippen LogP contribution in [0.3, 0.4) is 0 Å². The van der Waals surface area contributed by atoms with Gasteiger partial charge in [0.25, 0.3) is 5.91 Å². The SMILES string of the molecule is COc1ccc(COC(=O)C2=C3[C@H]4CCO[C@H]4[C@@H]3[S@](=O)[C@@H]3[C@H](NC(=O)Cc4ccccc4)C(=O)N23)cc1. The minimum atomic E-state index is -1.54. The lowest BCUT2D eigenvalue weighted by atomic mass is 9.73. The Balaban J connectivity index is 1.22. The molecule has 2 aromatic rings. The van der Waals surface area contributed by atoms with Gasteiger partial charge < -0.3 is 19.5 Å². The summed E-state index contributed by atoms with van der Waals surface area (Å²) < 4.78 is 30.2. The van der Waals surface area contributed by atoms with Crippen molar-refractivity contribution in [2.75, 3.05) is 13.7 Å². The Labute approximate surface area is 216 Å². The van der Waals surface area contributed by atoms with E-state index in [1.807, 2.05) is 30.3 Å². The van der Waals surface area contributed by atoms with Crippen molar-refractivity contribution in [3.05, 3.63) is 77.0 Å². The van der Waals surface area contributed by atoms with Crippen molar-refractivity contribution < 1.29 is 32.8 Å². The van der Waals surface area contributed by atoms with Crippen LogP contribution in [0.1, 0.15) is 17.5 Å². The first kappa shape index (κ1) is 23.9. The third-order valence-corrected chi connectivity index (χ3v) is 9.41. The van der Waals surface area contributed by atoms with Crippen LogP contribution in [0, 0.1) is 5.92 Å². The number of hydrogen-bond acceptors (Lipinski definition) is 7. The molecule has 3 fully saturated rings. The van der Waals surface area contributed by atoms with Gasteiger partial charge in [-0.25, -0.2) is 4.79 Å². The summed E-state index contributed by atoms with van der Waals surface area (Å²) in [7, 11) is 0.0365. The maximum atomic E-state index is 13.6. The largest absolute Gasteiger partial charge is 0.497 e. The standard InChI is InChI=1S/C27H26N2O7S/c1-34-17-9-7-16(8-10-17)14-36-27(32)22-20-18-11-12-35-23(18)24(20)37(33)26-21(25(31)29(22)26)28-19(30)13-15-5-3-2-4-6-15/h2-10,18,21,23-24,26H,11-14H2,1H3,(H,28,30)/t18-,21-,23-,24-,26-,37+/m1/s1. The number of esters is 1. The second kappa shape index (κ2) is 9.42. The number of amides is 2. The third-order valence-electron chi connectivity index (χ3n) is 7.43. The summed E-state index contributed by atoms with van der Waals surface area (Å²) in [6, 6.07) is 15.3. The number of β-lactam (4-membered cyclic amide) rings is 1. The van der Waals surface area contributed by atoms with Gasteiger partial charge in [0.1, 0.15) is 29.5 Å². The van der Waals surface area contributed by atoms with Crippen LogP contribution in [0.2, 0.25) is 0 Å². The van der Waals surface area contributed by atoms with Gasteiger partial charge in [-0.2, -0.15) is 0 Å². The molecular formula is C27H26N2O7S. The summed E-state index contributed by atoms with van der Waals surface area (Å²) in [6.07, 6.45) is 0.546. The Kier molecular flexibility index (Phi) is 6.08. The van der Waals surface area contributed by atoms with Crippen molar-refractivity contribution in [2.24, 2.45) is 5.92 Å². The normalized spacial score (nSPS) is 29.3. The molecule has 3 aliphatic heterocycles. The first-order valence-corrected chi connectivity index (χ1v) is 13.5. The molecule has 10 heteroatoms. The van der Waals surface area contributed by atoms with Crippen LogP contribution in [-0.4, -0.2) is 63.4 Å². The number of carbonyl (C=O) groups excluding carboxylic acids is 3. The smallest absolute Gasteiger partial charge is 0.355 e. The van der Waals surface area contributed by atoms with Crippen molar-refractivity contribution in [1.82, 2.24) is 10.2 Å². The highest BCUT2D eigenvalue weighted by atomic mass is 32.2. The molecule has 0 radical (unpaired) electrons. The number of ether oxygens (including phenoxy) is 3. The molecule has 0 aromatic heterocycles. The third kappa shape index (κ3) is 3.95. The first-order valence-electron chi connectivity index (χ1n) is 12.2. The lowest BCUT2D eigenvalue weighted by molar-refractivity contribution is -0.154. The number of benzene rings is 2. The van der Waals surface area contributed by atoms with Gasteiger partial charge in [-0.15, -0.1) is 0 Å². The zero-order chi connectivity index (χ0) is 25.7. The molecule has 192 valence electrons. The average molecular weight is 523 g/mol. The molecule has 9 nitrogen and oxygen atoms in total. The van der Waals surface area contributed by atoms with Crippen LogP contribution >= 0.6 is 0 Å². The highest BCUT2D eigenvalue weighted by Gasteiger charge is 2.67. The molecule has 37 heavy (non-hydrogen) atoms. The predicted octanol–water partition coefficient (Wildman–Crippen LogP) is 1.44. The van der Waals surface area contributed by atoms with E-state index >= 15 is 0 Å². The molecule has 0 spiro atoms. The van der Waals surface area contributed by atoms with Crippen molar-refractivity contribution in [1.29, 1.82) is 0 Å². The van der Waals surface area contributed by atoms with Gasteiger partial charge in [-0.1, -0.05) is 42.5 Å². The number of carbonyl (C=O) groups is 3. The van der Waals surface area contributed by atoms with Crippen molar-refractivity contribution >= 4 is 28.6 Å². The zero-order valence-electron chi connectivity index (χ0n) is 20.1. The van der Waals surface area contributed by atoms with Crippen molar-refractivity contribution in [3.8, 4) is 5.75 Å². The average Bonchev–Trinajstić information content (AvgIpc) is 3.31. The fraction of sp³-hybridized carbons (Fsp3) is 0.370. The summed E-state index contributed by atoms with van der Waals surface area (Å²) in [4.78, 5) is 40.6. The fourth-order valence-corrected chi connectivity index (χ4v) is 7.84. The van der Waals surface area contributed by atoms with Crippen molar-refractivity contribution in [3.63, 3.8) is 0 Å². The van der Waals surface area contributed by atoms with Crippen LogP contribution in [0.4, 0.5) is 0 Å². The molecule has 2 saturated heterocycles. The quantitative estimate of drug-likeness (QED) is 0.433. The Morgan fingerprint density at radius 1 is 1.11 bits per heavy atom. The highest BCUT2D eigenvalue weighted by Crippen LogP contribution is 2.54. The summed E-state index contributed by atoms with van der Waals surface area (Å²) in [5, 5.41) is 1.42. The maximum Gasteiger partial charge on any atom is 0.355 e. The van der Waals surface area contributed by atoms with E-state index in [4.69, 9.17) is 14.2 Å². The molecule has 3 heterocycles. The number of methoxy groups -OCH3 is 1. The lowest BCUT2D eigenvalue weighted by Gasteiger charge is -2.56. The Bertz CT molecular complexity index is 1310. The zero-order valence-corrected chi connectivity index (χ0v) is 20.9. The molecule has 1 aliphatic carbocycles. The number of fused-ring (bicyclic) bond motifs is 5. The Hall–Kier alpha value is -3.50. The van der Waals surface area contributed by atoms with Gasteiger partial charge in [-0.3, -0.25) is 18.7 Å². The minimum absolute atomic E-state index is 0.0158. The van der Waals surface area contributed by atoms with E-state index in [0.29, 0.717) is 24.4 Å². The number of nitrogens with one attached hydrogen (secondary N) is 1. The monoisotopic (exact) mass is 522 g/mol. The van der Waals surface area contributed by atoms with Gasteiger partial charge in [0.15, 0.2) is 0 Å². The van der Waals surface area contributed by atoms with Gasteiger partial charge in [-0.05, 0) is 35.3 Å². The van der Waals surface area contributed by atoms with E-state index in [2.05, 4.69) is 5.32 Å². The number of hydrogen-bond donors (Lipinski definition) is 1. The summed E-state index contributed by atoms with van der Waals surface area (Å²) in [5.74, 6) is -0.801. The molecule has 2 aromatic carbocycles. The molecule has 4 aliphatic rings. The van der Waals surface area contributed by atoms with Gasteiger partial charge >= 0.3 is 5.97 Å². The van der Waals surface area contributed by atoms with E-state index in [1.54, 1.807) is 31.4 Å². The summed E-state index contributed by atoms with van der Waals surface area (Å²) in [6.45, 7) is 0.526. The Morgan fingerprint density at radius 3 is 2.59 bits per heavy atom. The van der Waals surface area contributed by atoms with E-state index in [1.165, 1.54) is 4.90 Å². The molecule has 6 rings (SSSR count). The van der Waals surface area contributed by atoms with Gasteiger partial charge in [0.2, 0.25) is 5.91 Å². The van der Waals surface area contributed by atoms with Crippen LogP contribution < -0.4 is 10.1 Å². The van der Waals surface area contributed by atoms with E-state index < -0.39 is 39.3 Å². The minimum Gasteiger partial charge on any atom is -0.497 e. The molecular weight excluding hydrogens is 496 g/mol. The molecule has 0 bridgehead atoms. The van der Waals surface area contributed by atoms with Crippen LogP contribution in [0.15, 0.2) is 65.9 Å². The maximum absolute atomic E-state index is 13.6. The van der Waals surface area contributed by atoms with Crippen LogP contribution in [-0.2, 0) is 47.7 Å². The van der Waals surface area contributed by atoms with E-state index in [-0.39, 0.29) is 36.7 Å². The second-order valence-corrected chi connectivity index (χ2v) is 11.2. The lowest BCUT2D eigenvalue weighted by Crippen LogP contribution is -2.77.